The molecule has 0 radical (unpaired) electrons. The molecule has 0 spiro atoms. The molecule has 0 amide bonds. The van der Waals surface area contributed by atoms with Crippen LogP contribution in [0.4, 0.5) is 0 Å². The maximum atomic E-state index is 12.1. The van der Waals surface area contributed by atoms with Crippen molar-refractivity contribution in [3.63, 3.8) is 0 Å². The second kappa shape index (κ2) is 38.4. The van der Waals surface area contributed by atoms with Gasteiger partial charge in [-0.3, -0.25) is 9.59 Å². The van der Waals surface area contributed by atoms with Gasteiger partial charge < -0.3 is 14.6 Å². The Morgan fingerprint density at radius 2 is 0.882 bits per heavy atom. The third-order valence-electron chi connectivity index (χ3n) is 10.9. The van der Waals surface area contributed by atoms with Crippen LogP contribution in [0.5, 0.6) is 0 Å². The molecule has 3 aliphatic carbocycles. The molecule has 3 rings (SSSR count). The number of aliphatic hydroxyl groups is 1. The van der Waals surface area contributed by atoms with E-state index in [2.05, 4.69) is 12.2 Å². The molecule has 300 valence electrons. The van der Waals surface area contributed by atoms with E-state index >= 15 is 0 Å². The molecule has 1 N–H and O–H groups in total. The number of Topliss-reactive ketones (excluding diaryl/α,β-unsaturated/α-hetero) is 2. The topological polar surface area (TPSA) is 72.8 Å². The van der Waals surface area contributed by atoms with E-state index in [4.69, 9.17) is 14.6 Å². The predicted octanol–water partition coefficient (Wildman–Crippen LogP) is 13.7. The van der Waals surface area contributed by atoms with E-state index in [9.17, 15) is 9.59 Å². The Kier molecular flexibility index (Phi) is 37.4. The largest absolute Gasteiger partial charge is 0.392 e. The molecule has 0 aromatic heterocycles. The Balaban J connectivity index is 0.000000693. The average Bonchev–Trinajstić information content (AvgIpc) is 3.13. The zero-order chi connectivity index (χ0) is 37.5. The molecule has 1 unspecified atom stereocenters. The number of aliphatic hydroxyl groups excluding tert-OH is 1. The van der Waals surface area contributed by atoms with Gasteiger partial charge in [-0.2, -0.15) is 0 Å². The van der Waals surface area contributed by atoms with Gasteiger partial charge in [0.05, 0.1) is 6.61 Å². The maximum Gasteiger partial charge on any atom is 0.167 e. The smallest absolute Gasteiger partial charge is 0.167 e. The molecule has 0 bridgehead atoms. The standard InChI is InChI=1S/C16H28O.C14H28O2.C12H22O.C4H8O/c1-2-3-12-15-13-10-8-6-4-5-7-9-11-14-16(15)17;1-15-14(16-2)12-10-8-6-4-3-5-7-9-11-13-14;13-12-10-8-6-4-2-1-3-5-7-9-11-12;1-2-3-4-5/h2-3,15H,4-14H2,1H3;3-13H2,1-2H3;1-11H2;2-3,5H,4H2,1H3/b3-2+;;;3-2+. The monoisotopic (exact) mass is 719 g/mol. The molecular weight excluding hydrogens is 633 g/mol. The van der Waals surface area contributed by atoms with Gasteiger partial charge in [0.2, 0.25) is 0 Å². The molecule has 51 heavy (non-hydrogen) atoms. The number of ether oxygens (including phenoxy) is 2. The number of hydrogen-bond donors (Lipinski definition) is 1. The van der Waals surface area contributed by atoms with Gasteiger partial charge in [-0.1, -0.05) is 159 Å². The highest BCUT2D eigenvalue weighted by Crippen LogP contribution is 2.28. The molecule has 3 saturated carbocycles. The molecule has 0 aromatic carbocycles. The Hall–Kier alpha value is -1.30. The van der Waals surface area contributed by atoms with Crippen molar-refractivity contribution >= 4 is 11.6 Å². The first kappa shape index (κ1) is 49.7. The summed E-state index contributed by atoms with van der Waals surface area (Å²) >= 11 is 0. The van der Waals surface area contributed by atoms with Crippen molar-refractivity contribution in [2.75, 3.05) is 20.8 Å². The summed E-state index contributed by atoms with van der Waals surface area (Å²) in [4.78, 5) is 23.4. The van der Waals surface area contributed by atoms with Gasteiger partial charge in [0.15, 0.2) is 5.79 Å². The zero-order valence-corrected chi connectivity index (χ0v) is 34.5. The third kappa shape index (κ3) is 31.9. The average molecular weight is 719 g/mol. The first-order chi connectivity index (χ1) is 25.0. The van der Waals surface area contributed by atoms with Crippen LogP contribution in [0.2, 0.25) is 0 Å². The van der Waals surface area contributed by atoms with E-state index < -0.39 is 0 Å². The molecular formula is C46H86O5. The normalized spacial score (nSPS) is 23.0. The summed E-state index contributed by atoms with van der Waals surface area (Å²) in [5.74, 6) is 1.04. The lowest BCUT2D eigenvalue weighted by Gasteiger charge is -2.31. The van der Waals surface area contributed by atoms with Gasteiger partial charge in [0.1, 0.15) is 11.6 Å². The van der Waals surface area contributed by atoms with Crippen molar-refractivity contribution in [3.8, 4) is 0 Å². The van der Waals surface area contributed by atoms with Gasteiger partial charge >= 0.3 is 0 Å². The number of rotatable bonds is 5. The molecule has 0 aliphatic heterocycles. The van der Waals surface area contributed by atoms with Crippen molar-refractivity contribution < 1.29 is 24.2 Å². The maximum absolute atomic E-state index is 12.1. The van der Waals surface area contributed by atoms with Crippen LogP contribution in [0.1, 0.15) is 226 Å². The van der Waals surface area contributed by atoms with E-state index in [-0.39, 0.29) is 12.4 Å². The summed E-state index contributed by atoms with van der Waals surface area (Å²) in [5.41, 5.74) is 0. The van der Waals surface area contributed by atoms with Crippen LogP contribution >= 0.6 is 0 Å². The molecule has 5 nitrogen and oxygen atoms in total. The lowest BCUT2D eigenvalue weighted by Crippen LogP contribution is -2.33. The fraction of sp³-hybridized carbons (Fsp3) is 0.870. The molecule has 3 fully saturated rings. The van der Waals surface area contributed by atoms with E-state index in [1.807, 2.05) is 13.8 Å². The number of hydrogen-bond acceptors (Lipinski definition) is 5. The van der Waals surface area contributed by atoms with Crippen LogP contribution in [0.3, 0.4) is 0 Å². The van der Waals surface area contributed by atoms with Crippen molar-refractivity contribution in [1.29, 1.82) is 0 Å². The summed E-state index contributed by atoms with van der Waals surface area (Å²) in [6, 6.07) is 0. The minimum Gasteiger partial charge on any atom is -0.392 e. The first-order valence-electron chi connectivity index (χ1n) is 22.0. The quantitative estimate of drug-likeness (QED) is 0.226. The summed E-state index contributed by atoms with van der Waals surface area (Å²) in [6.45, 7) is 4.08. The number of carbonyl (C=O) groups excluding carboxylic acids is 2. The number of methoxy groups -OCH3 is 2. The minimum absolute atomic E-state index is 0.163. The van der Waals surface area contributed by atoms with Crippen LogP contribution in [0, 0.1) is 5.92 Å². The molecule has 0 aromatic rings. The van der Waals surface area contributed by atoms with E-state index in [0.717, 1.165) is 64.2 Å². The van der Waals surface area contributed by atoms with E-state index in [0.29, 0.717) is 17.5 Å². The van der Waals surface area contributed by atoms with E-state index in [1.165, 1.54) is 148 Å². The lowest BCUT2D eigenvalue weighted by molar-refractivity contribution is -0.216. The SMILES string of the molecule is C/C=C/CC1CCCCCCCCCCC1=O.C/C=C/CO.COC1(OC)CCCCCCCCCCC1.O=C1CCCCCCCCCCC1. The van der Waals surface area contributed by atoms with Crippen LogP contribution < -0.4 is 0 Å². The number of allylic oxidation sites excluding steroid dienone is 3. The molecule has 0 saturated heterocycles. The highest BCUT2D eigenvalue weighted by atomic mass is 16.7. The van der Waals surface area contributed by atoms with Crippen LogP contribution in [0.25, 0.3) is 0 Å². The summed E-state index contributed by atoms with van der Waals surface area (Å²) in [6.07, 6.45) is 48.6. The van der Waals surface area contributed by atoms with Gasteiger partial charge in [0, 0.05) is 52.2 Å². The highest BCUT2D eigenvalue weighted by molar-refractivity contribution is 5.81. The van der Waals surface area contributed by atoms with Crippen molar-refractivity contribution in [2.24, 2.45) is 5.92 Å². The number of ketones is 2. The summed E-state index contributed by atoms with van der Waals surface area (Å²) < 4.78 is 11.2. The molecule has 5 heteroatoms. The Morgan fingerprint density at radius 1 is 0.529 bits per heavy atom. The predicted molar refractivity (Wildman–Crippen MR) is 219 cm³/mol. The molecule has 3 aliphatic rings. The van der Waals surface area contributed by atoms with Gasteiger partial charge in [0.25, 0.3) is 0 Å². The third-order valence-corrected chi connectivity index (χ3v) is 10.9. The fourth-order valence-corrected chi connectivity index (χ4v) is 7.42. The fourth-order valence-electron chi connectivity index (χ4n) is 7.42. The summed E-state index contributed by atoms with van der Waals surface area (Å²) in [5, 5.41) is 7.98. The zero-order valence-electron chi connectivity index (χ0n) is 34.5. The lowest BCUT2D eigenvalue weighted by atomic mass is 9.89. The Bertz CT molecular complexity index is 786. The highest BCUT2D eigenvalue weighted by Gasteiger charge is 2.28. The second-order valence-electron chi connectivity index (χ2n) is 15.3. The Morgan fingerprint density at radius 3 is 1.24 bits per heavy atom. The first-order valence-corrected chi connectivity index (χ1v) is 22.0. The van der Waals surface area contributed by atoms with Crippen LogP contribution in [0.15, 0.2) is 24.3 Å². The van der Waals surface area contributed by atoms with Gasteiger partial charge in [-0.25, -0.2) is 0 Å². The second-order valence-corrected chi connectivity index (χ2v) is 15.3. The number of carbonyl (C=O) groups is 2. The van der Waals surface area contributed by atoms with Gasteiger partial charge in [-0.15, -0.1) is 0 Å². The van der Waals surface area contributed by atoms with Crippen molar-refractivity contribution in [3.05, 3.63) is 24.3 Å². The van der Waals surface area contributed by atoms with Crippen molar-refractivity contribution in [1.82, 2.24) is 0 Å². The Labute approximate surface area is 317 Å². The van der Waals surface area contributed by atoms with E-state index in [1.54, 1.807) is 26.4 Å². The summed E-state index contributed by atoms with van der Waals surface area (Å²) in [7, 11) is 3.57. The minimum atomic E-state index is -0.292. The van der Waals surface area contributed by atoms with Crippen LogP contribution in [-0.4, -0.2) is 43.3 Å². The molecule has 1 atom stereocenters. The van der Waals surface area contributed by atoms with Crippen molar-refractivity contribution in [2.45, 2.75) is 232 Å². The molecule has 0 heterocycles. The van der Waals surface area contributed by atoms with Crippen LogP contribution in [-0.2, 0) is 19.1 Å². The van der Waals surface area contributed by atoms with Gasteiger partial charge in [-0.05, 0) is 58.8 Å².